The van der Waals surface area contributed by atoms with E-state index in [-0.39, 0.29) is 37.3 Å². The maximum Gasteiger partial charge on any atom is 0.295 e. The molecule has 1 N–H and O–H groups in total. The highest BCUT2D eigenvalue weighted by Crippen LogP contribution is 2.41. The van der Waals surface area contributed by atoms with Gasteiger partial charge >= 0.3 is 0 Å². The van der Waals surface area contributed by atoms with Crippen LogP contribution in [0.1, 0.15) is 45.4 Å². The number of thiazole rings is 1. The Kier molecular flexibility index (Phi) is 9.98. The Hall–Kier alpha value is -5.80. The van der Waals surface area contributed by atoms with Gasteiger partial charge in [0.25, 0.3) is 17.4 Å². The fourth-order valence-corrected chi connectivity index (χ4v) is 8.94. The Balaban J connectivity index is 0.984. The van der Waals surface area contributed by atoms with Crippen LogP contribution in [0, 0.1) is 19.8 Å². The number of fused-ring (bicyclic) bond motifs is 1. The minimum atomic E-state index is -3.75. The lowest BCUT2D eigenvalue weighted by molar-refractivity contribution is -0.223. The van der Waals surface area contributed by atoms with E-state index in [0.29, 0.717) is 27.0 Å². The van der Waals surface area contributed by atoms with Crippen molar-refractivity contribution in [2.24, 2.45) is 5.92 Å². The number of halogens is 2. The molecular formula is C42H41F2N7O5S. The maximum atomic E-state index is 16.2. The standard InChI is InChI=1S/C42H41F2N7O5S/c1-26-9-10-29(21-45-26)37-47-27(2)35(57-37)40(54)48-18-15-32(34(22-48)28-7-5-4-6-8-28)38(52)49-20-17-41(55,42(43,44)24-49)23-50-25-46-36-33(39(50)53)16-19-51(36)30-11-13-31(56-3)14-12-30/h4-14,16,19,21,25,32,34,55H,15,17-18,20,22-24H2,1-3H3. The average Bonchev–Trinajstić information content (AvgIpc) is 3.84. The number of alkyl halides is 2. The van der Waals surface area contributed by atoms with Gasteiger partial charge in [0.2, 0.25) is 5.91 Å². The number of nitrogens with zero attached hydrogens (tertiary/aromatic N) is 7. The average molecular weight is 794 g/mol. The van der Waals surface area contributed by atoms with Gasteiger partial charge in [0.05, 0.1) is 31.3 Å². The topological polar surface area (TPSA) is 136 Å². The van der Waals surface area contributed by atoms with Gasteiger partial charge in [-0.25, -0.2) is 18.7 Å². The zero-order chi connectivity index (χ0) is 40.1. The molecule has 4 aromatic heterocycles. The van der Waals surface area contributed by atoms with Crippen molar-refractivity contribution in [3.05, 3.63) is 124 Å². The van der Waals surface area contributed by atoms with Crippen molar-refractivity contribution in [2.75, 3.05) is 33.3 Å². The normalized spacial score (nSPS) is 20.8. The molecule has 2 aliphatic heterocycles. The molecule has 2 aromatic carbocycles. The van der Waals surface area contributed by atoms with Crippen LogP contribution < -0.4 is 10.3 Å². The molecule has 3 atom stereocenters. The summed E-state index contributed by atoms with van der Waals surface area (Å²) >= 11 is 1.29. The molecule has 15 heteroatoms. The number of hydrogen-bond donors (Lipinski definition) is 1. The first-order chi connectivity index (χ1) is 27.4. The summed E-state index contributed by atoms with van der Waals surface area (Å²) in [7, 11) is 1.56. The summed E-state index contributed by atoms with van der Waals surface area (Å²) in [5.74, 6) is -4.88. The van der Waals surface area contributed by atoms with E-state index in [4.69, 9.17) is 4.74 Å². The lowest BCUT2D eigenvalue weighted by atomic mass is 9.78. The summed E-state index contributed by atoms with van der Waals surface area (Å²) in [6.45, 7) is 2.30. The second-order valence-electron chi connectivity index (χ2n) is 14.8. The van der Waals surface area contributed by atoms with Gasteiger partial charge in [0.15, 0.2) is 5.65 Å². The molecule has 0 aliphatic carbocycles. The van der Waals surface area contributed by atoms with Gasteiger partial charge in [0, 0.05) is 67.2 Å². The van der Waals surface area contributed by atoms with Crippen LogP contribution in [0.2, 0.25) is 0 Å². The van der Waals surface area contributed by atoms with E-state index in [1.165, 1.54) is 17.7 Å². The summed E-state index contributed by atoms with van der Waals surface area (Å²) in [5.41, 5.74) is 0.993. The largest absolute Gasteiger partial charge is 0.497 e. The SMILES string of the molecule is COc1ccc(-n2ccc3c(=O)n(CC4(O)CCN(C(=O)C5CCN(C(=O)c6sc(-c7ccc(C)nc7)nc6C)CC5c5ccccc5)CC4(F)F)cnc32)cc1. The van der Waals surface area contributed by atoms with Crippen molar-refractivity contribution in [1.82, 2.24) is 33.9 Å². The molecule has 0 bridgehead atoms. The maximum absolute atomic E-state index is 16.2. The van der Waals surface area contributed by atoms with Gasteiger partial charge in [-0.15, -0.1) is 11.3 Å². The number of pyridine rings is 1. The lowest BCUT2D eigenvalue weighted by Gasteiger charge is -2.46. The number of hydrogen-bond acceptors (Lipinski definition) is 9. The highest BCUT2D eigenvalue weighted by molar-refractivity contribution is 7.17. The molecule has 3 unspecified atom stereocenters. The number of rotatable bonds is 8. The van der Waals surface area contributed by atoms with Crippen LogP contribution in [-0.4, -0.2) is 95.6 Å². The van der Waals surface area contributed by atoms with Gasteiger partial charge < -0.3 is 24.2 Å². The molecule has 8 rings (SSSR count). The molecule has 294 valence electrons. The van der Waals surface area contributed by atoms with Gasteiger partial charge in [-0.2, -0.15) is 0 Å². The molecule has 0 radical (unpaired) electrons. The Morgan fingerprint density at radius 3 is 2.46 bits per heavy atom. The number of aromatic nitrogens is 5. The first kappa shape index (κ1) is 38.1. The molecule has 2 saturated heterocycles. The number of ether oxygens (including phenoxy) is 1. The smallest absolute Gasteiger partial charge is 0.295 e. The van der Waals surface area contributed by atoms with Crippen LogP contribution in [0.15, 0.2) is 96.3 Å². The number of piperidine rings is 2. The Morgan fingerprint density at radius 1 is 0.982 bits per heavy atom. The highest BCUT2D eigenvalue weighted by Gasteiger charge is 2.58. The van der Waals surface area contributed by atoms with Crippen molar-refractivity contribution in [3.8, 4) is 22.0 Å². The molecule has 0 saturated carbocycles. The Bertz CT molecular complexity index is 2500. The Labute approximate surface area is 331 Å². The number of benzene rings is 2. The molecule has 2 aliphatic rings. The van der Waals surface area contributed by atoms with Crippen molar-refractivity contribution in [3.63, 3.8) is 0 Å². The summed E-state index contributed by atoms with van der Waals surface area (Å²) in [6, 6.07) is 21.9. The van der Waals surface area contributed by atoms with E-state index < -0.39 is 54.3 Å². The number of carbonyl (C=O) groups is 2. The van der Waals surface area contributed by atoms with Crippen molar-refractivity contribution in [1.29, 1.82) is 0 Å². The zero-order valence-corrected chi connectivity index (χ0v) is 32.5. The molecule has 6 heterocycles. The van der Waals surface area contributed by atoms with Crippen LogP contribution in [-0.2, 0) is 11.3 Å². The number of likely N-dealkylation sites (tertiary alicyclic amines) is 2. The van der Waals surface area contributed by atoms with Crippen LogP contribution in [0.4, 0.5) is 8.78 Å². The molecule has 6 aromatic rings. The van der Waals surface area contributed by atoms with Crippen molar-refractivity contribution >= 4 is 34.2 Å². The second-order valence-corrected chi connectivity index (χ2v) is 15.8. The van der Waals surface area contributed by atoms with Crippen molar-refractivity contribution in [2.45, 2.75) is 50.7 Å². The monoisotopic (exact) mass is 793 g/mol. The number of methoxy groups -OCH3 is 1. The van der Waals surface area contributed by atoms with Gasteiger partial charge in [-0.3, -0.25) is 23.9 Å². The quantitative estimate of drug-likeness (QED) is 0.202. The Morgan fingerprint density at radius 2 is 1.75 bits per heavy atom. The minimum Gasteiger partial charge on any atom is -0.497 e. The fourth-order valence-electron chi connectivity index (χ4n) is 7.91. The molecule has 2 amide bonds. The van der Waals surface area contributed by atoms with E-state index in [9.17, 15) is 19.5 Å². The van der Waals surface area contributed by atoms with Crippen LogP contribution in [0.5, 0.6) is 5.75 Å². The first-order valence-corrected chi connectivity index (χ1v) is 19.5. The van der Waals surface area contributed by atoms with Crippen LogP contribution >= 0.6 is 11.3 Å². The summed E-state index contributed by atoms with van der Waals surface area (Å²) in [5, 5.41) is 12.4. The molecule has 0 spiro atoms. The second kappa shape index (κ2) is 14.9. The van der Waals surface area contributed by atoms with Gasteiger partial charge in [0.1, 0.15) is 27.6 Å². The molecular weight excluding hydrogens is 753 g/mol. The number of aliphatic hydroxyl groups is 1. The van der Waals surface area contributed by atoms with Crippen LogP contribution in [0.3, 0.4) is 0 Å². The van der Waals surface area contributed by atoms with Crippen molar-refractivity contribution < 1.29 is 28.2 Å². The summed E-state index contributed by atoms with van der Waals surface area (Å²) < 4.78 is 40.2. The van der Waals surface area contributed by atoms with Gasteiger partial charge in [-0.05, 0) is 68.3 Å². The van der Waals surface area contributed by atoms with E-state index in [0.717, 1.165) is 32.0 Å². The summed E-state index contributed by atoms with van der Waals surface area (Å²) in [4.78, 5) is 58.5. The molecule has 12 nitrogen and oxygen atoms in total. The highest BCUT2D eigenvalue weighted by atomic mass is 32.1. The summed E-state index contributed by atoms with van der Waals surface area (Å²) in [6.07, 6.45) is 4.38. The molecule has 2 fully saturated rings. The zero-order valence-electron chi connectivity index (χ0n) is 31.6. The number of carbonyl (C=O) groups excluding carboxylic acids is 2. The van der Waals surface area contributed by atoms with E-state index in [1.807, 2.05) is 49.4 Å². The third-order valence-corrected chi connectivity index (χ3v) is 12.4. The third kappa shape index (κ3) is 7.10. The number of aryl methyl sites for hydroxylation is 2. The third-order valence-electron chi connectivity index (χ3n) is 11.2. The lowest BCUT2D eigenvalue weighted by Crippen LogP contribution is -2.64. The van der Waals surface area contributed by atoms with E-state index >= 15 is 8.78 Å². The van der Waals surface area contributed by atoms with E-state index in [2.05, 4.69) is 15.0 Å². The fraction of sp³-hybridized carbons (Fsp3) is 0.333. The van der Waals surface area contributed by atoms with Crippen LogP contribution in [0.25, 0.3) is 27.3 Å². The van der Waals surface area contributed by atoms with Gasteiger partial charge in [-0.1, -0.05) is 30.3 Å². The number of amides is 2. The van der Waals surface area contributed by atoms with E-state index in [1.54, 1.807) is 66.2 Å². The minimum absolute atomic E-state index is 0.138. The molecule has 57 heavy (non-hydrogen) atoms. The predicted octanol–water partition coefficient (Wildman–Crippen LogP) is 5.88. The predicted molar refractivity (Wildman–Crippen MR) is 211 cm³/mol. The first-order valence-electron chi connectivity index (χ1n) is 18.7.